The van der Waals surface area contributed by atoms with Gasteiger partial charge in [0.25, 0.3) is 0 Å². The molecule has 2 atom stereocenters. The number of hydrogen-bond acceptors (Lipinski definition) is 3. The van der Waals surface area contributed by atoms with Gasteiger partial charge in [0, 0.05) is 29.0 Å². The second kappa shape index (κ2) is 9.95. The molecule has 0 saturated carbocycles. The molecule has 1 amide bonds. The van der Waals surface area contributed by atoms with Gasteiger partial charge in [-0.05, 0) is 81.0 Å². The molecule has 4 aromatic rings. The van der Waals surface area contributed by atoms with E-state index in [9.17, 15) is 4.79 Å². The van der Waals surface area contributed by atoms with Gasteiger partial charge >= 0.3 is 0 Å². The molecule has 1 aliphatic rings. The summed E-state index contributed by atoms with van der Waals surface area (Å²) in [7, 11) is 0. The molecule has 5 rings (SSSR count). The van der Waals surface area contributed by atoms with Crippen molar-refractivity contribution in [3.63, 3.8) is 0 Å². The highest BCUT2D eigenvalue weighted by atomic mass is 32.1. The number of carbonyl (C=O) groups is 1. The number of nitrogens with zero attached hydrogens (tertiary/aromatic N) is 3. The predicted octanol–water partition coefficient (Wildman–Crippen LogP) is 5.41. The molecule has 2 N–H and O–H groups in total. The lowest BCUT2D eigenvalue weighted by Gasteiger charge is -2.27. The van der Waals surface area contributed by atoms with Gasteiger partial charge < -0.3 is 20.1 Å². The first-order valence-corrected chi connectivity index (χ1v) is 12.4. The summed E-state index contributed by atoms with van der Waals surface area (Å²) in [6, 6.07) is 25.7. The highest BCUT2D eigenvalue weighted by molar-refractivity contribution is 7.80. The van der Waals surface area contributed by atoms with Crippen LogP contribution in [-0.4, -0.2) is 32.0 Å². The smallest absolute Gasteiger partial charge is 0.244 e. The lowest BCUT2D eigenvalue weighted by Crippen LogP contribution is -2.37. The monoisotopic (exact) mass is 495 g/mol. The molecule has 0 spiro atoms. The zero-order chi connectivity index (χ0) is 25.2. The molecule has 182 valence electrons. The predicted molar refractivity (Wildman–Crippen MR) is 147 cm³/mol. The number of para-hydroxylation sites is 1. The summed E-state index contributed by atoms with van der Waals surface area (Å²) < 4.78 is 2.26. The standard InChI is InChI=1S/C29H29N5OS/c1-19-12-14-23(15-13-19)34-20(2)17-24(21(34)3)28-27(25-11-7-8-16-30-25)32-29(36)33(28)18-26(35)31-22-9-5-4-6-10-22/h4-17,27-28H,18H2,1-3H3,(H,31,35)(H,32,36). The summed E-state index contributed by atoms with van der Waals surface area (Å²) in [5, 5.41) is 6.98. The Balaban J connectivity index is 1.53. The largest absolute Gasteiger partial charge is 0.352 e. The molecule has 0 radical (unpaired) electrons. The van der Waals surface area contributed by atoms with Crippen LogP contribution in [-0.2, 0) is 4.79 Å². The fourth-order valence-corrected chi connectivity index (χ4v) is 5.27. The Morgan fingerprint density at radius 1 is 1.00 bits per heavy atom. The Kier molecular flexibility index (Phi) is 6.57. The molecule has 0 bridgehead atoms. The minimum Gasteiger partial charge on any atom is -0.352 e. The number of carbonyl (C=O) groups excluding carboxylic acids is 1. The van der Waals surface area contributed by atoms with E-state index in [0.29, 0.717) is 5.11 Å². The molecule has 1 aliphatic heterocycles. The number of pyridine rings is 1. The molecule has 2 aromatic heterocycles. The van der Waals surface area contributed by atoms with Crippen molar-refractivity contribution in [2.24, 2.45) is 0 Å². The van der Waals surface area contributed by atoms with Crippen molar-refractivity contribution in [1.29, 1.82) is 0 Å². The second-order valence-corrected chi connectivity index (χ2v) is 9.55. The highest BCUT2D eigenvalue weighted by Gasteiger charge is 2.42. The quantitative estimate of drug-likeness (QED) is 0.350. The van der Waals surface area contributed by atoms with Gasteiger partial charge in [-0.3, -0.25) is 9.78 Å². The van der Waals surface area contributed by atoms with Crippen LogP contribution in [0.1, 0.15) is 40.3 Å². The minimum atomic E-state index is -0.195. The molecule has 2 unspecified atom stereocenters. The number of hydrogen-bond donors (Lipinski definition) is 2. The number of anilines is 1. The van der Waals surface area contributed by atoms with E-state index in [1.54, 1.807) is 6.20 Å². The Labute approximate surface area is 217 Å². The van der Waals surface area contributed by atoms with E-state index >= 15 is 0 Å². The molecule has 2 aromatic carbocycles. The van der Waals surface area contributed by atoms with Crippen LogP contribution in [0.25, 0.3) is 5.69 Å². The van der Waals surface area contributed by atoms with Gasteiger partial charge in [-0.15, -0.1) is 0 Å². The van der Waals surface area contributed by atoms with E-state index in [2.05, 4.69) is 71.3 Å². The third-order valence-electron chi connectivity index (χ3n) is 6.65. The van der Waals surface area contributed by atoms with Gasteiger partial charge in [0.1, 0.15) is 6.54 Å². The van der Waals surface area contributed by atoms with Crippen molar-refractivity contribution >= 4 is 28.9 Å². The number of benzene rings is 2. The SMILES string of the molecule is Cc1ccc(-n2c(C)cc(C3C(c4ccccn4)NC(=S)N3CC(=O)Nc3ccccc3)c2C)cc1. The van der Waals surface area contributed by atoms with E-state index in [0.717, 1.165) is 34.0 Å². The Morgan fingerprint density at radius 2 is 1.72 bits per heavy atom. The lowest BCUT2D eigenvalue weighted by molar-refractivity contribution is -0.116. The van der Waals surface area contributed by atoms with Crippen molar-refractivity contribution in [1.82, 2.24) is 19.8 Å². The Hall–Kier alpha value is -3.97. The number of nitrogens with one attached hydrogen (secondary N) is 2. The summed E-state index contributed by atoms with van der Waals surface area (Å²) in [5.41, 5.74) is 7.33. The fourth-order valence-electron chi connectivity index (χ4n) is 4.97. The minimum absolute atomic E-state index is 0.121. The van der Waals surface area contributed by atoms with Crippen LogP contribution in [0.2, 0.25) is 0 Å². The number of aromatic nitrogens is 2. The van der Waals surface area contributed by atoms with Crippen molar-refractivity contribution in [2.45, 2.75) is 32.9 Å². The maximum Gasteiger partial charge on any atom is 0.244 e. The molecule has 7 heteroatoms. The van der Waals surface area contributed by atoms with E-state index in [4.69, 9.17) is 12.2 Å². The van der Waals surface area contributed by atoms with Crippen LogP contribution in [0.5, 0.6) is 0 Å². The van der Waals surface area contributed by atoms with Gasteiger partial charge in [-0.2, -0.15) is 0 Å². The Morgan fingerprint density at radius 3 is 2.42 bits per heavy atom. The van der Waals surface area contributed by atoms with Crippen LogP contribution >= 0.6 is 12.2 Å². The van der Waals surface area contributed by atoms with Crippen LogP contribution in [0.15, 0.2) is 85.1 Å². The number of aryl methyl sites for hydroxylation is 2. The molecular formula is C29H29N5OS. The molecule has 3 heterocycles. The van der Waals surface area contributed by atoms with Gasteiger partial charge in [0.2, 0.25) is 5.91 Å². The maximum atomic E-state index is 13.1. The number of rotatable bonds is 6. The number of amides is 1. The molecular weight excluding hydrogens is 466 g/mol. The molecule has 36 heavy (non-hydrogen) atoms. The molecule has 6 nitrogen and oxygen atoms in total. The van der Waals surface area contributed by atoms with Crippen molar-refractivity contribution < 1.29 is 4.79 Å². The van der Waals surface area contributed by atoms with Gasteiger partial charge in [-0.25, -0.2) is 0 Å². The van der Waals surface area contributed by atoms with Gasteiger partial charge in [-0.1, -0.05) is 42.0 Å². The number of thiocarbonyl (C=S) groups is 1. The first-order valence-electron chi connectivity index (χ1n) is 12.0. The van der Waals surface area contributed by atoms with E-state index in [1.807, 2.05) is 53.4 Å². The first-order chi connectivity index (χ1) is 17.4. The topological polar surface area (TPSA) is 62.2 Å². The van der Waals surface area contributed by atoms with Crippen LogP contribution < -0.4 is 10.6 Å². The lowest BCUT2D eigenvalue weighted by atomic mass is 9.96. The second-order valence-electron chi connectivity index (χ2n) is 9.17. The van der Waals surface area contributed by atoms with Crippen molar-refractivity contribution in [3.8, 4) is 5.69 Å². The van der Waals surface area contributed by atoms with E-state index in [1.165, 1.54) is 5.56 Å². The maximum absolute atomic E-state index is 13.1. The van der Waals surface area contributed by atoms with Crippen molar-refractivity contribution in [3.05, 3.63) is 113 Å². The molecule has 0 aliphatic carbocycles. The summed E-state index contributed by atoms with van der Waals surface area (Å²) in [4.78, 5) is 19.7. The highest BCUT2D eigenvalue weighted by Crippen LogP contribution is 2.41. The van der Waals surface area contributed by atoms with Crippen LogP contribution in [0, 0.1) is 20.8 Å². The molecule has 1 fully saturated rings. The molecule has 1 saturated heterocycles. The van der Waals surface area contributed by atoms with Gasteiger partial charge in [0.05, 0.1) is 17.8 Å². The van der Waals surface area contributed by atoms with E-state index < -0.39 is 0 Å². The fraction of sp³-hybridized carbons (Fsp3) is 0.207. The normalized spacial score (nSPS) is 17.2. The summed E-state index contributed by atoms with van der Waals surface area (Å²) >= 11 is 5.77. The van der Waals surface area contributed by atoms with Crippen LogP contribution in [0.3, 0.4) is 0 Å². The zero-order valence-electron chi connectivity index (χ0n) is 20.6. The third-order valence-corrected chi connectivity index (χ3v) is 7.00. The average Bonchev–Trinajstić information content (AvgIpc) is 3.35. The van der Waals surface area contributed by atoms with Crippen LogP contribution in [0.4, 0.5) is 5.69 Å². The summed E-state index contributed by atoms with van der Waals surface area (Å²) in [6.45, 7) is 6.45. The Bertz CT molecular complexity index is 1380. The van der Waals surface area contributed by atoms with E-state index in [-0.39, 0.29) is 24.5 Å². The third kappa shape index (κ3) is 4.62. The van der Waals surface area contributed by atoms with Crippen molar-refractivity contribution in [2.75, 3.05) is 11.9 Å². The summed E-state index contributed by atoms with van der Waals surface area (Å²) in [5.74, 6) is -0.121. The first kappa shape index (κ1) is 23.8. The van der Waals surface area contributed by atoms with Gasteiger partial charge in [0.15, 0.2) is 5.11 Å². The summed E-state index contributed by atoms with van der Waals surface area (Å²) in [6.07, 6.45) is 1.79. The average molecular weight is 496 g/mol. The zero-order valence-corrected chi connectivity index (χ0v) is 21.4.